The average Bonchev–Trinajstić information content (AvgIpc) is 2.26. The quantitative estimate of drug-likeness (QED) is 0.543. The number of nitrogens with two attached hydrogens (primary N) is 1. The van der Waals surface area contributed by atoms with Crippen LogP contribution in [0.3, 0.4) is 0 Å². The summed E-state index contributed by atoms with van der Waals surface area (Å²) < 4.78 is 44.5. The Morgan fingerprint density at radius 2 is 1.83 bits per heavy atom. The minimum absolute atomic E-state index is 0.361. The summed E-state index contributed by atoms with van der Waals surface area (Å²) in [5.74, 6) is -1.47. The molecule has 1 heterocycles. The van der Waals surface area contributed by atoms with Gasteiger partial charge in [-0.15, -0.1) is 0 Å². The number of hydrogen-bond acceptors (Lipinski definition) is 7. The molecule has 0 saturated carbocycles. The maximum atomic E-state index is 11.6. The van der Waals surface area contributed by atoms with Crippen LogP contribution in [-0.2, 0) is 19.9 Å². The van der Waals surface area contributed by atoms with Gasteiger partial charge in [0.15, 0.2) is 14.9 Å². The molecule has 0 aliphatic heterocycles. The lowest BCUT2D eigenvalue weighted by Gasteiger charge is -2.02. The molecular formula is C7H9N3O6S2. The van der Waals surface area contributed by atoms with Gasteiger partial charge in [0.25, 0.3) is 5.69 Å². The topological polar surface area (TPSA) is 150 Å². The predicted octanol–water partition coefficient (Wildman–Crippen LogP) is -0.948. The van der Waals surface area contributed by atoms with Crippen LogP contribution in [0.4, 0.5) is 5.69 Å². The van der Waals surface area contributed by atoms with Crippen LogP contribution in [0.15, 0.2) is 23.4 Å². The van der Waals surface area contributed by atoms with Gasteiger partial charge in [0.05, 0.1) is 16.4 Å². The van der Waals surface area contributed by atoms with Crippen molar-refractivity contribution in [3.8, 4) is 0 Å². The number of rotatable bonds is 5. The van der Waals surface area contributed by atoms with Crippen molar-refractivity contribution in [1.29, 1.82) is 0 Å². The van der Waals surface area contributed by atoms with Crippen LogP contribution >= 0.6 is 0 Å². The summed E-state index contributed by atoms with van der Waals surface area (Å²) in [6.45, 7) is 0. The number of hydrogen-bond donors (Lipinski definition) is 1. The number of nitrogens with zero attached hydrogens (tertiary/aromatic N) is 2. The third kappa shape index (κ3) is 4.01. The van der Waals surface area contributed by atoms with E-state index >= 15 is 0 Å². The number of pyridine rings is 1. The van der Waals surface area contributed by atoms with E-state index in [2.05, 4.69) is 10.1 Å². The highest BCUT2D eigenvalue weighted by molar-refractivity contribution is 7.94. The fourth-order valence-electron chi connectivity index (χ4n) is 0.995. The molecule has 0 aromatic carbocycles. The number of sulfonamides is 1. The van der Waals surface area contributed by atoms with Crippen LogP contribution in [0.1, 0.15) is 0 Å². The van der Waals surface area contributed by atoms with Crippen LogP contribution < -0.4 is 5.14 Å². The van der Waals surface area contributed by atoms with Crippen LogP contribution in [0.25, 0.3) is 0 Å². The maximum Gasteiger partial charge on any atom is 0.287 e. The van der Waals surface area contributed by atoms with Crippen LogP contribution in [0, 0.1) is 10.1 Å². The van der Waals surface area contributed by atoms with E-state index in [1.807, 2.05) is 0 Å². The van der Waals surface area contributed by atoms with Gasteiger partial charge < -0.3 is 0 Å². The second-order valence-corrected chi connectivity index (χ2v) is 7.09. The molecule has 1 rings (SSSR count). The van der Waals surface area contributed by atoms with E-state index in [4.69, 9.17) is 0 Å². The van der Waals surface area contributed by atoms with Crippen molar-refractivity contribution in [3.05, 3.63) is 28.4 Å². The van der Waals surface area contributed by atoms with Gasteiger partial charge in [0, 0.05) is 6.07 Å². The SMILES string of the molecule is NS(=O)(=O)CCS(=O)(=O)c1ccc([N+](=O)[O-])cn1. The summed E-state index contributed by atoms with van der Waals surface area (Å²) in [5, 5.41) is 14.6. The highest BCUT2D eigenvalue weighted by Gasteiger charge is 2.20. The van der Waals surface area contributed by atoms with Crippen molar-refractivity contribution in [2.75, 3.05) is 11.5 Å². The summed E-state index contributed by atoms with van der Waals surface area (Å²) in [5.41, 5.74) is -0.361. The van der Waals surface area contributed by atoms with Gasteiger partial charge in [0.1, 0.15) is 6.20 Å². The molecule has 0 bridgehead atoms. The summed E-state index contributed by atoms with van der Waals surface area (Å²) in [6, 6.07) is 1.91. The second kappa shape index (κ2) is 4.96. The van der Waals surface area contributed by atoms with Crippen molar-refractivity contribution < 1.29 is 21.8 Å². The molecule has 2 N–H and O–H groups in total. The molecule has 100 valence electrons. The first kappa shape index (κ1) is 14.5. The Hall–Kier alpha value is -1.59. The molecule has 0 aliphatic carbocycles. The van der Waals surface area contributed by atoms with Gasteiger partial charge in [-0.1, -0.05) is 0 Å². The summed E-state index contributed by atoms with van der Waals surface area (Å²) >= 11 is 0. The molecule has 0 fully saturated rings. The van der Waals surface area contributed by atoms with E-state index in [1.165, 1.54) is 0 Å². The maximum absolute atomic E-state index is 11.6. The molecule has 18 heavy (non-hydrogen) atoms. The Bertz CT molecular complexity index is 649. The van der Waals surface area contributed by atoms with E-state index in [9.17, 15) is 26.9 Å². The zero-order chi connectivity index (χ0) is 14.0. The minimum Gasteiger partial charge on any atom is -0.258 e. The van der Waals surface area contributed by atoms with Crippen molar-refractivity contribution in [2.24, 2.45) is 5.14 Å². The van der Waals surface area contributed by atoms with E-state index in [0.717, 1.165) is 18.3 Å². The summed E-state index contributed by atoms with van der Waals surface area (Å²) in [7, 11) is -7.83. The van der Waals surface area contributed by atoms with E-state index < -0.39 is 41.3 Å². The summed E-state index contributed by atoms with van der Waals surface area (Å²) in [4.78, 5) is 13.0. The van der Waals surface area contributed by atoms with Crippen LogP contribution in [0.2, 0.25) is 0 Å². The normalized spacial score (nSPS) is 12.3. The Morgan fingerprint density at radius 1 is 1.22 bits per heavy atom. The molecule has 0 radical (unpaired) electrons. The molecule has 0 amide bonds. The second-order valence-electron chi connectivity index (χ2n) is 3.30. The van der Waals surface area contributed by atoms with Gasteiger partial charge in [0.2, 0.25) is 10.0 Å². The number of sulfone groups is 1. The number of nitro groups is 1. The van der Waals surface area contributed by atoms with Crippen molar-refractivity contribution in [2.45, 2.75) is 5.03 Å². The van der Waals surface area contributed by atoms with E-state index in [1.54, 1.807) is 0 Å². The first-order valence-corrected chi connectivity index (χ1v) is 7.82. The molecule has 0 unspecified atom stereocenters. The molecule has 0 atom stereocenters. The van der Waals surface area contributed by atoms with Gasteiger partial charge in [-0.2, -0.15) is 0 Å². The zero-order valence-electron chi connectivity index (χ0n) is 8.88. The third-order valence-electron chi connectivity index (χ3n) is 1.89. The lowest BCUT2D eigenvalue weighted by Crippen LogP contribution is -2.23. The highest BCUT2D eigenvalue weighted by atomic mass is 32.2. The molecule has 0 aliphatic rings. The molecule has 9 nitrogen and oxygen atoms in total. The van der Waals surface area contributed by atoms with Gasteiger partial charge in [-0.25, -0.2) is 27.0 Å². The summed E-state index contributed by atoms with van der Waals surface area (Å²) in [6.07, 6.45) is 0.782. The highest BCUT2D eigenvalue weighted by Crippen LogP contribution is 2.13. The fourth-order valence-corrected chi connectivity index (χ4v) is 3.50. The molecule has 11 heteroatoms. The van der Waals surface area contributed by atoms with Gasteiger partial charge >= 0.3 is 0 Å². The standard InChI is InChI=1S/C7H9N3O6S2/c8-18(15,16)4-3-17(13,14)7-2-1-6(5-9-7)10(11)12/h1-2,5H,3-4H2,(H2,8,15,16). The first-order chi connectivity index (χ1) is 8.12. The Balaban J connectivity index is 2.96. The van der Waals surface area contributed by atoms with E-state index in [0.29, 0.717) is 0 Å². The van der Waals surface area contributed by atoms with Crippen LogP contribution in [0.5, 0.6) is 0 Å². The molecule has 0 spiro atoms. The van der Waals surface area contributed by atoms with Gasteiger partial charge in [-0.05, 0) is 6.07 Å². The molecule has 1 aromatic rings. The lowest BCUT2D eigenvalue weighted by atomic mass is 10.4. The Labute approximate surface area is 103 Å². The monoisotopic (exact) mass is 295 g/mol. The smallest absolute Gasteiger partial charge is 0.258 e. The first-order valence-electron chi connectivity index (χ1n) is 4.45. The third-order valence-corrected chi connectivity index (χ3v) is 4.54. The van der Waals surface area contributed by atoms with Crippen molar-refractivity contribution in [3.63, 3.8) is 0 Å². The molecule has 1 aromatic heterocycles. The van der Waals surface area contributed by atoms with Gasteiger partial charge in [-0.3, -0.25) is 10.1 Å². The molecule has 0 saturated heterocycles. The minimum atomic E-state index is -3.93. The average molecular weight is 295 g/mol. The van der Waals surface area contributed by atoms with Crippen molar-refractivity contribution >= 4 is 25.5 Å². The van der Waals surface area contributed by atoms with E-state index in [-0.39, 0.29) is 5.69 Å². The van der Waals surface area contributed by atoms with Crippen molar-refractivity contribution in [1.82, 2.24) is 4.98 Å². The Kier molecular flexibility index (Phi) is 3.98. The Morgan fingerprint density at radius 3 is 2.22 bits per heavy atom. The zero-order valence-corrected chi connectivity index (χ0v) is 10.5. The largest absolute Gasteiger partial charge is 0.287 e. The molecular weight excluding hydrogens is 286 g/mol. The predicted molar refractivity (Wildman–Crippen MR) is 60.9 cm³/mol. The number of primary sulfonamides is 1. The number of aromatic nitrogens is 1. The lowest BCUT2D eigenvalue weighted by molar-refractivity contribution is -0.385. The van der Waals surface area contributed by atoms with Crippen LogP contribution in [-0.4, -0.2) is 38.2 Å². The fraction of sp³-hybridized carbons (Fsp3) is 0.286.